The Morgan fingerprint density at radius 1 is 0.950 bits per heavy atom. The van der Waals surface area contributed by atoms with Crippen molar-refractivity contribution >= 4 is 24.8 Å². The number of rotatable bonds is 7. The SMILES string of the molecule is CCOCO[Si](OC)(OC)c1cccc2ccccc12. The van der Waals surface area contributed by atoms with Gasteiger partial charge in [0.1, 0.15) is 6.79 Å². The van der Waals surface area contributed by atoms with Crippen LogP contribution in [0.25, 0.3) is 10.8 Å². The van der Waals surface area contributed by atoms with Gasteiger partial charge < -0.3 is 18.0 Å². The van der Waals surface area contributed by atoms with E-state index in [9.17, 15) is 0 Å². The molecule has 108 valence electrons. The third-order valence-electron chi connectivity index (χ3n) is 3.19. The highest BCUT2D eigenvalue weighted by Crippen LogP contribution is 2.17. The molecule has 0 fully saturated rings. The third kappa shape index (κ3) is 2.92. The molecular formula is C15H20O4Si. The minimum Gasteiger partial charge on any atom is -0.373 e. The quantitative estimate of drug-likeness (QED) is 0.446. The fraction of sp³-hybridized carbons (Fsp3) is 0.333. The summed E-state index contributed by atoms with van der Waals surface area (Å²) in [5, 5.41) is 3.18. The van der Waals surface area contributed by atoms with Crippen LogP contribution in [0.2, 0.25) is 0 Å². The highest BCUT2D eigenvalue weighted by molar-refractivity contribution is 6.77. The summed E-state index contributed by atoms with van der Waals surface area (Å²) in [7, 11) is 0.283. The van der Waals surface area contributed by atoms with Gasteiger partial charge in [-0.1, -0.05) is 42.5 Å². The van der Waals surface area contributed by atoms with E-state index in [0.29, 0.717) is 6.61 Å². The largest absolute Gasteiger partial charge is 0.539 e. The van der Waals surface area contributed by atoms with Crippen LogP contribution in [0.4, 0.5) is 0 Å². The van der Waals surface area contributed by atoms with Gasteiger partial charge in [0.05, 0.1) is 0 Å². The van der Waals surface area contributed by atoms with Gasteiger partial charge in [0.15, 0.2) is 0 Å². The van der Waals surface area contributed by atoms with Crippen LogP contribution >= 0.6 is 0 Å². The molecule has 0 bridgehead atoms. The first-order chi connectivity index (χ1) is 9.77. The van der Waals surface area contributed by atoms with E-state index in [0.717, 1.165) is 16.0 Å². The molecule has 0 unspecified atom stereocenters. The lowest BCUT2D eigenvalue weighted by Gasteiger charge is -2.27. The van der Waals surface area contributed by atoms with Crippen molar-refractivity contribution in [2.75, 3.05) is 27.6 Å². The van der Waals surface area contributed by atoms with Gasteiger partial charge >= 0.3 is 8.80 Å². The molecule has 2 rings (SSSR count). The molecule has 0 atom stereocenters. The zero-order valence-electron chi connectivity index (χ0n) is 12.1. The first-order valence-corrected chi connectivity index (χ1v) is 8.30. The zero-order chi connectivity index (χ0) is 14.4. The highest BCUT2D eigenvalue weighted by atomic mass is 28.4. The van der Waals surface area contributed by atoms with Gasteiger partial charge in [0.2, 0.25) is 0 Å². The fourth-order valence-corrected chi connectivity index (χ4v) is 4.29. The molecule has 0 N–H and O–H groups in total. The van der Waals surface area contributed by atoms with E-state index in [-0.39, 0.29) is 6.79 Å². The van der Waals surface area contributed by atoms with Gasteiger partial charge in [-0.05, 0) is 17.7 Å². The topological polar surface area (TPSA) is 36.9 Å². The van der Waals surface area contributed by atoms with Crippen LogP contribution in [0.1, 0.15) is 6.92 Å². The highest BCUT2D eigenvalue weighted by Gasteiger charge is 2.43. The molecule has 5 heteroatoms. The van der Waals surface area contributed by atoms with Crippen molar-refractivity contribution in [3.63, 3.8) is 0 Å². The number of benzene rings is 2. The van der Waals surface area contributed by atoms with E-state index in [4.69, 9.17) is 18.0 Å². The molecule has 4 nitrogen and oxygen atoms in total. The average Bonchev–Trinajstić information content (AvgIpc) is 2.52. The van der Waals surface area contributed by atoms with Gasteiger partial charge in [0, 0.05) is 26.0 Å². The minimum atomic E-state index is -2.95. The molecule has 0 amide bonds. The van der Waals surface area contributed by atoms with Crippen LogP contribution in [-0.4, -0.2) is 36.4 Å². The van der Waals surface area contributed by atoms with Gasteiger partial charge in [-0.15, -0.1) is 0 Å². The maximum atomic E-state index is 5.83. The molecule has 0 saturated carbocycles. The predicted molar refractivity (Wildman–Crippen MR) is 80.9 cm³/mol. The lowest BCUT2D eigenvalue weighted by molar-refractivity contribution is -0.0222. The van der Waals surface area contributed by atoms with E-state index >= 15 is 0 Å². The first-order valence-electron chi connectivity index (χ1n) is 6.57. The summed E-state index contributed by atoms with van der Waals surface area (Å²) >= 11 is 0. The van der Waals surface area contributed by atoms with Crippen LogP contribution in [0.3, 0.4) is 0 Å². The van der Waals surface area contributed by atoms with Crippen molar-refractivity contribution in [2.24, 2.45) is 0 Å². The summed E-state index contributed by atoms with van der Waals surface area (Å²) in [6.45, 7) is 2.67. The Kier molecular flexibility index (Phi) is 5.28. The standard InChI is InChI=1S/C15H20O4Si/c1-4-18-12-19-20(16-2,17-3)15-11-7-9-13-8-5-6-10-14(13)15/h5-11H,4,12H2,1-3H3. The predicted octanol–water partition coefficient (Wildman–Crippen LogP) is 2.29. The summed E-state index contributed by atoms with van der Waals surface area (Å²) in [4.78, 5) is 0. The Hall–Kier alpha value is -1.24. The second-order valence-corrected chi connectivity index (χ2v) is 7.00. The second-order valence-electron chi connectivity index (χ2n) is 4.25. The molecule has 20 heavy (non-hydrogen) atoms. The monoisotopic (exact) mass is 292 g/mol. The van der Waals surface area contributed by atoms with Gasteiger partial charge in [-0.2, -0.15) is 0 Å². The van der Waals surface area contributed by atoms with Crippen molar-refractivity contribution in [1.82, 2.24) is 0 Å². The number of hydrogen-bond donors (Lipinski definition) is 0. The number of hydrogen-bond acceptors (Lipinski definition) is 4. The summed E-state index contributed by atoms with van der Waals surface area (Å²) < 4.78 is 22.4. The van der Waals surface area contributed by atoms with Crippen LogP contribution in [0, 0.1) is 0 Å². The molecule has 0 heterocycles. The summed E-state index contributed by atoms with van der Waals surface area (Å²) in [6.07, 6.45) is 0. The summed E-state index contributed by atoms with van der Waals surface area (Å²) in [5.41, 5.74) is 0. The normalized spacial score (nSPS) is 11.9. The van der Waals surface area contributed by atoms with Gasteiger partial charge in [0.25, 0.3) is 0 Å². The van der Waals surface area contributed by atoms with E-state index in [1.165, 1.54) is 0 Å². The second kappa shape index (κ2) is 6.96. The van der Waals surface area contributed by atoms with E-state index < -0.39 is 8.80 Å². The number of fused-ring (bicyclic) bond motifs is 1. The van der Waals surface area contributed by atoms with Crippen molar-refractivity contribution in [2.45, 2.75) is 6.92 Å². The smallest absolute Gasteiger partial charge is 0.373 e. The van der Waals surface area contributed by atoms with Gasteiger partial charge in [-0.3, -0.25) is 0 Å². The molecule has 0 aliphatic rings. The van der Waals surface area contributed by atoms with Crippen molar-refractivity contribution in [3.05, 3.63) is 42.5 Å². The number of ether oxygens (including phenoxy) is 1. The zero-order valence-corrected chi connectivity index (χ0v) is 13.1. The molecular weight excluding hydrogens is 272 g/mol. The fourth-order valence-electron chi connectivity index (χ4n) is 2.19. The van der Waals surface area contributed by atoms with Crippen LogP contribution < -0.4 is 5.19 Å². The Morgan fingerprint density at radius 2 is 1.65 bits per heavy atom. The molecule has 0 radical (unpaired) electrons. The lowest BCUT2D eigenvalue weighted by Crippen LogP contribution is -2.56. The van der Waals surface area contributed by atoms with E-state index in [1.807, 2.05) is 31.2 Å². The Labute approximate surface area is 120 Å². The Morgan fingerprint density at radius 3 is 2.35 bits per heavy atom. The summed E-state index contributed by atoms with van der Waals surface area (Å²) in [5.74, 6) is 0. The third-order valence-corrected chi connectivity index (χ3v) is 5.86. The van der Waals surface area contributed by atoms with Crippen molar-refractivity contribution < 1.29 is 18.0 Å². The molecule has 0 saturated heterocycles. The van der Waals surface area contributed by atoms with Crippen LogP contribution in [-0.2, 0) is 18.0 Å². The van der Waals surface area contributed by atoms with Crippen LogP contribution in [0.5, 0.6) is 0 Å². The molecule has 0 aliphatic carbocycles. The maximum absolute atomic E-state index is 5.83. The van der Waals surface area contributed by atoms with Crippen LogP contribution in [0.15, 0.2) is 42.5 Å². The Bertz CT molecular complexity index is 549. The molecule has 2 aromatic carbocycles. The first kappa shape index (κ1) is 15.2. The van der Waals surface area contributed by atoms with Gasteiger partial charge in [-0.25, -0.2) is 0 Å². The molecule has 0 spiro atoms. The lowest BCUT2D eigenvalue weighted by atomic mass is 10.1. The van der Waals surface area contributed by atoms with E-state index in [1.54, 1.807) is 14.2 Å². The average molecular weight is 292 g/mol. The van der Waals surface area contributed by atoms with Crippen molar-refractivity contribution in [1.29, 1.82) is 0 Å². The molecule has 0 aromatic heterocycles. The van der Waals surface area contributed by atoms with E-state index in [2.05, 4.69) is 18.2 Å². The summed E-state index contributed by atoms with van der Waals surface area (Å²) in [6, 6.07) is 14.2. The molecule has 2 aromatic rings. The Balaban J connectivity index is 2.45. The maximum Gasteiger partial charge on any atom is 0.539 e. The minimum absolute atomic E-state index is 0.160. The molecule has 0 aliphatic heterocycles. The van der Waals surface area contributed by atoms with Crippen molar-refractivity contribution in [3.8, 4) is 0 Å².